The molecule has 0 saturated carbocycles. The zero-order chi connectivity index (χ0) is 62.7. The van der Waals surface area contributed by atoms with Crippen molar-refractivity contribution in [2.75, 3.05) is 104 Å². The van der Waals surface area contributed by atoms with Crippen molar-refractivity contribution in [2.24, 2.45) is 5.73 Å². The SMILES string of the molecule is CN1C(=O)[C@@H](Cc2ccc(O)cc2)NC(=O)CNC(=O)[C@H](Cc2ccc3ccccc3c2)NC(=O)[C@H](CCCCC(=N)N)NC(=O)[C@H]1CCCNC(=O)c1ccc(NC(=O)CN2CCN3CCN4CCN(CC2)CC(=O)[O][In]([O]C(=O)C3)[O]C(=O)C4)cc1. The van der Waals surface area contributed by atoms with E-state index >= 15 is 0 Å². The first-order chi connectivity index (χ1) is 42.3. The van der Waals surface area contributed by atoms with Gasteiger partial charge in [0.15, 0.2) is 0 Å². The van der Waals surface area contributed by atoms with Gasteiger partial charge in [-0.25, -0.2) is 0 Å². The predicted octanol–water partition coefficient (Wildman–Crippen LogP) is -0.750. The van der Waals surface area contributed by atoms with Gasteiger partial charge in [-0.1, -0.05) is 61.0 Å². The van der Waals surface area contributed by atoms with Crippen LogP contribution in [0.4, 0.5) is 5.69 Å². The molecule has 4 aromatic rings. The van der Waals surface area contributed by atoms with Crippen LogP contribution in [-0.4, -0.2) is 240 Å². The van der Waals surface area contributed by atoms with Gasteiger partial charge in [-0.3, -0.25) is 34.2 Å². The van der Waals surface area contributed by atoms with Crippen LogP contribution in [0.25, 0.3) is 10.8 Å². The van der Waals surface area contributed by atoms with E-state index < -0.39 is 107 Å². The zero-order valence-electron chi connectivity index (χ0n) is 49.2. The Hall–Kier alpha value is -8.18. The van der Waals surface area contributed by atoms with Gasteiger partial charge in [0.25, 0.3) is 5.91 Å². The van der Waals surface area contributed by atoms with E-state index in [-0.39, 0.29) is 94.3 Å². The first kappa shape index (κ1) is 65.8. The van der Waals surface area contributed by atoms with Gasteiger partial charge < -0.3 is 42.3 Å². The van der Waals surface area contributed by atoms with E-state index in [9.17, 15) is 53.1 Å². The Bertz CT molecular complexity index is 3160. The van der Waals surface area contributed by atoms with Crippen molar-refractivity contribution < 1.29 is 61.6 Å². The van der Waals surface area contributed by atoms with Crippen LogP contribution in [0.15, 0.2) is 91.0 Å². The van der Waals surface area contributed by atoms with Gasteiger partial charge in [-0.2, -0.15) is 0 Å². The van der Waals surface area contributed by atoms with E-state index in [1.165, 1.54) is 36.2 Å². The average Bonchev–Trinajstić information content (AvgIpc) is 3.71. The molecule has 7 amide bonds. The fourth-order valence-corrected chi connectivity index (χ4v) is 13.6. The fourth-order valence-electron chi connectivity index (χ4n) is 10.8. The van der Waals surface area contributed by atoms with E-state index in [1.807, 2.05) is 62.1 Å². The number of amidine groups is 1. The van der Waals surface area contributed by atoms with Crippen molar-refractivity contribution in [3.8, 4) is 5.75 Å². The van der Waals surface area contributed by atoms with Crippen LogP contribution in [0.1, 0.15) is 60.0 Å². The van der Waals surface area contributed by atoms with Crippen LogP contribution in [0.5, 0.6) is 5.75 Å². The van der Waals surface area contributed by atoms with Crippen LogP contribution >= 0.6 is 0 Å². The summed E-state index contributed by atoms with van der Waals surface area (Å²) in [6.07, 6.45) is 1.12. The second-order valence-corrected chi connectivity index (χ2v) is 26.0. The Balaban J connectivity index is 0.931. The van der Waals surface area contributed by atoms with Crippen LogP contribution in [0.2, 0.25) is 0 Å². The van der Waals surface area contributed by atoms with Crippen molar-refractivity contribution in [1.82, 2.24) is 51.1 Å². The van der Waals surface area contributed by atoms with Gasteiger partial charge >= 0.3 is 196 Å². The molecular formula is C60H76InN13O14. The molecule has 468 valence electrons. The second kappa shape index (κ2) is 32.2. The molecule has 0 aliphatic carbocycles. The number of hydrogen-bond donors (Lipinski definition) is 9. The summed E-state index contributed by atoms with van der Waals surface area (Å²) in [5.74, 6) is -6.34. The Morgan fingerprint density at radius 1 is 0.648 bits per heavy atom. The van der Waals surface area contributed by atoms with Crippen molar-refractivity contribution in [3.05, 3.63) is 108 Å². The summed E-state index contributed by atoms with van der Waals surface area (Å²) in [4.78, 5) is 146. The number of nitrogens with one attached hydrogen (secondary N) is 7. The first-order valence-corrected chi connectivity index (χ1v) is 33.5. The van der Waals surface area contributed by atoms with Crippen LogP contribution in [0.3, 0.4) is 0 Å². The normalized spacial score (nSPS) is 23.1. The molecule has 28 heteroatoms. The number of nitrogens with two attached hydrogens (primary N) is 1. The number of unbranched alkanes of at least 4 members (excludes halogenated alkanes) is 1. The van der Waals surface area contributed by atoms with Crippen molar-refractivity contribution in [2.45, 2.75) is 75.5 Å². The maximum absolute atomic E-state index is 14.7. The van der Waals surface area contributed by atoms with Crippen molar-refractivity contribution in [1.29, 1.82) is 5.41 Å². The summed E-state index contributed by atoms with van der Waals surface area (Å²) in [6, 6.07) is 20.5. The summed E-state index contributed by atoms with van der Waals surface area (Å²) < 4.78 is 16.3. The van der Waals surface area contributed by atoms with E-state index in [1.54, 1.807) is 24.3 Å². The summed E-state index contributed by atoms with van der Waals surface area (Å²) >= 11 is -4.29. The molecule has 4 aromatic carbocycles. The predicted molar refractivity (Wildman–Crippen MR) is 322 cm³/mol. The van der Waals surface area contributed by atoms with Gasteiger partial charge in [0.2, 0.25) is 29.5 Å². The molecule has 0 radical (unpaired) electrons. The van der Waals surface area contributed by atoms with Crippen LogP contribution < -0.4 is 37.6 Å². The summed E-state index contributed by atoms with van der Waals surface area (Å²) in [5, 5.41) is 36.4. The molecule has 4 fully saturated rings. The topological polar surface area (TPSA) is 357 Å². The van der Waals surface area contributed by atoms with Gasteiger partial charge in [-0.15, -0.1) is 0 Å². The molecule has 6 atom stereocenters. The number of nitrogens with zero attached hydrogens (tertiary/aromatic N) is 5. The van der Waals surface area contributed by atoms with E-state index in [4.69, 9.17) is 19.7 Å². The summed E-state index contributed by atoms with van der Waals surface area (Å²) in [7, 11) is 1.40. The number of anilines is 1. The van der Waals surface area contributed by atoms with E-state index in [2.05, 4.69) is 31.9 Å². The number of phenolic OH excluding ortho intramolecular Hbond substituents is 1. The monoisotopic (exact) mass is 1320 g/mol. The Morgan fingerprint density at radius 3 is 1.85 bits per heavy atom. The second-order valence-electron chi connectivity index (χ2n) is 22.3. The maximum atomic E-state index is 14.7. The fraction of sp³-hybridized carbons (Fsp3) is 0.450. The van der Waals surface area contributed by atoms with Gasteiger partial charge in [0.1, 0.15) is 29.9 Å². The van der Waals surface area contributed by atoms with E-state index in [0.717, 1.165) is 10.8 Å². The quantitative estimate of drug-likeness (QED) is 0.0357. The molecule has 4 bridgehead atoms. The molecular weight excluding hydrogens is 1240 g/mol. The molecule has 2 unspecified atom stereocenters. The number of rotatable bonds is 17. The number of hydrogen-bond acceptors (Lipinski definition) is 19. The molecule has 27 nitrogen and oxygen atoms in total. The number of carbonyl (C=O) groups is 10. The summed E-state index contributed by atoms with van der Waals surface area (Å²) in [6.45, 7) is 2.42. The number of amides is 7. The Kier molecular flexibility index (Phi) is 24.0. The molecule has 8 rings (SSSR count). The molecule has 4 heterocycles. The molecule has 4 saturated heterocycles. The number of likely N-dealkylation sites (N-methyl/N-ethyl adjacent to an activating group) is 1. The molecule has 4 aliphatic rings. The third-order valence-corrected chi connectivity index (χ3v) is 19.6. The minimum atomic E-state index is -4.29. The van der Waals surface area contributed by atoms with Crippen molar-refractivity contribution >= 4 is 104 Å². The number of fused-ring (bicyclic) bond motifs is 8. The van der Waals surface area contributed by atoms with Gasteiger partial charge in [0, 0.05) is 38.4 Å². The standard InChI is InChI=1S/C60H79N13O14.In/c1-69-49(10-6-22-63-56(83)42-16-18-44(19-17-42)65-52(76)35-70-23-25-71(36-53(77)78)27-29-73(38-55(81)82)30-28-72(26-24-70)37-54(79)80)59(86)67-46(9-4-5-11-50(61)62)58(85)68-47(33-40-12-15-41-7-2-3-8-43(41)31-40)57(84)64-34-51(75)66-48(60(69)87)32-39-13-20-45(74)21-14-39;/h2-3,7-8,12-21,31,46-49,74H,4-6,9-11,22-30,32-38H2,1H3,(H3,61,62)(H,63,83)(H,64,84)(H,65,76)(H,66,75)(H,67,86)(H,68,85)(H,77,78)(H,79,80)(H,81,82);/q;+3/p-3/t46-,47-,48+,49+;/m0./s1. The van der Waals surface area contributed by atoms with E-state index in [0.29, 0.717) is 82.0 Å². The molecule has 0 aromatic heterocycles. The summed E-state index contributed by atoms with van der Waals surface area (Å²) in [5.41, 5.74) is 7.57. The number of carbonyl (C=O) groups excluding carboxylic acids is 10. The molecule has 10 N–H and O–H groups in total. The minimum absolute atomic E-state index is 0.0184. The molecule has 0 spiro atoms. The first-order valence-electron chi connectivity index (χ1n) is 29.5. The Morgan fingerprint density at radius 2 is 1.23 bits per heavy atom. The van der Waals surface area contributed by atoms with Gasteiger partial charge in [0.05, 0.1) is 12.4 Å². The average molecular weight is 1320 g/mol. The van der Waals surface area contributed by atoms with Crippen LogP contribution in [0, 0.1) is 5.41 Å². The van der Waals surface area contributed by atoms with Gasteiger partial charge in [-0.05, 0) is 71.8 Å². The van der Waals surface area contributed by atoms with Crippen LogP contribution in [-0.2, 0) is 64.6 Å². The smallest absolute Gasteiger partial charge is 0.0474 e. The molecule has 4 aliphatic heterocycles. The number of aromatic hydroxyl groups is 1. The third kappa shape index (κ3) is 20.2. The van der Waals surface area contributed by atoms with Crippen molar-refractivity contribution in [3.63, 3.8) is 0 Å². The minimum Gasteiger partial charge on any atom is -0.0474 e. The number of phenols is 1. The Labute approximate surface area is 518 Å². The third-order valence-electron chi connectivity index (χ3n) is 15.7. The molecule has 88 heavy (non-hydrogen) atoms. The number of benzene rings is 4. The zero-order valence-corrected chi connectivity index (χ0v) is 52.5.